The van der Waals surface area contributed by atoms with E-state index in [1.54, 1.807) is 18.6 Å². The van der Waals surface area contributed by atoms with Gasteiger partial charge in [-0.05, 0) is 165 Å². The summed E-state index contributed by atoms with van der Waals surface area (Å²) in [4.78, 5) is 22.2. The Morgan fingerprint density at radius 2 is 0.685 bits per heavy atom. The van der Waals surface area contributed by atoms with Crippen LogP contribution in [0.15, 0.2) is 298 Å². The average Bonchev–Trinajstić information content (AvgIpc) is 1.59. The van der Waals surface area contributed by atoms with Crippen LogP contribution in [0.1, 0.15) is 39.1 Å². The largest absolute Gasteiger partial charge is 0.457 e. The fourth-order valence-electron chi connectivity index (χ4n) is 16.1. The van der Waals surface area contributed by atoms with Crippen LogP contribution >= 0.6 is 0 Å². The third-order valence-electron chi connectivity index (χ3n) is 22.0. The van der Waals surface area contributed by atoms with Gasteiger partial charge in [-0.1, -0.05) is 140 Å². The number of nitrogens with zero attached hydrogens (tertiary/aromatic N) is 11. The molecule has 0 amide bonds. The second-order valence-corrected chi connectivity index (χ2v) is 29.0. The molecule has 0 unspecified atom stereocenters. The fourth-order valence-corrected chi connectivity index (χ4v) is 16.1. The maximum absolute atomic E-state index is 6.12. The first-order chi connectivity index (χ1) is 54.1. The Bertz CT molecular complexity index is 6330. The van der Waals surface area contributed by atoms with E-state index in [0.29, 0.717) is 17.1 Å². The van der Waals surface area contributed by atoms with Gasteiger partial charge in [-0.25, -0.2) is 33.2 Å². The molecule has 111 heavy (non-hydrogen) atoms. The summed E-state index contributed by atoms with van der Waals surface area (Å²) in [7, 11) is 8.37. The van der Waals surface area contributed by atoms with Crippen LogP contribution < -0.4 is 60.0 Å². The molecule has 0 bridgehead atoms. The van der Waals surface area contributed by atoms with Gasteiger partial charge in [0.1, 0.15) is 28.3 Å². The number of hydrogen-bond donors (Lipinski definition) is 0. The third kappa shape index (κ3) is 13.3. The highest BCUT2D eigenvalue weighted by molar-refractivity contribution is 6.79. The smallest absolute Gasteiger partial charge is 0.447 e. The number of aromatic nitrogens is 7. The Morgan fingerprint density at radius 3 is 1.14 bits per heavy atom. The van der Waals surface area contributed by atoms with Crippen LogP contribution in [0.2, 0.25) is 27.3 Å². The Kier molecular flexibility index (Phi) is 18.9. The lowest BCUT2D eigenvalue weighted by Crippen LogP contribution is -2.50. The van der Waals surface area contributed by atoms with E-state index in [0.717, 1.165) is 84.4 Å². The van der Waals surface area contributed by atoms with Crippen molar-refractivity contribution in [3.8, 4) is 44.5 Å². The lowest BCUT2D eigenvalue weighted by Gasteiger charge is -2.23. The molecular formula is C92H83B4N11O4+4. The number of benzene rings is 5. The molecule has 5 aromatic carbocycles. The van der Waals surface area contributed by atoms with E-state index in [1.807, 2.05) is 42.5 Å². The molecule has 0 radical (unpaired) electrons. The highest BCUT2D eigenvalue weighted by Gasteiger charge is 2.42. The Balaban J connectivity index is 0.000000108. The van der Waals surface area contributed by atoms with Gasteiger partial charge in [0.05, 0.1) is 77.8 Å². The Labute approximate surface area is 648 Å². The number of rotatable bonds is 8. The molecule has 0 saturated heterocycles. The first-order valence-electron chi connectivity index (χ1n) is 37.8. The summed E-state index contributed by atoms with van der Waals surface area (Å²) in [6, 6.07) is 73.5. The molecule has 15 nitrogen and oxygen atoms in total. The van der Waals surface area contributed by atoms with Crippen LogP contribution in [-0.4, -0.2) is 42.3 Å². The van der Waals surface area contributed by atoms with Crippen molar-refractivity contribution in [2.75, 3.05) is 19.2 Å². The first-order valence-corrected chi connectivity index (χ1v) is 37.8. The highest BCUT2D eigenvalue weighted by Crippen LogP contribution is 2.35. The van der Waals surface area contributed by atoms with Crippen molar-refractivity contribution < 1.29 is 35.9 Å². The SMILES string of the molecule is CB1c2c(oc3ccccc23)C=CN1c1cc(C)c(-c2ccccc2)c[n+]1C.CB1c2oc3ncccc3c2C=CN1c1cc(-c2ccccc2)c(C)c[n+]1C.CB1c2oc3ncccc3c2C=CN1c1cc(-c2ccccc2)cc[n+]1C.CB1c2oc3ncccc3c2C=CN1c1cc(C)c(-c2ccccc2)c[n+]1C. The molecule has 4 aliphatic rings. The number of furan rings is 4. The van der Waals surface area contributed by atoms with E-state index in [2.05, 4.69) is 372 Å². The molecule has 20 rings (SSSR count). The van der Waals surface area contributed by atoms with E-state index < -0.39 is 0 Å². The number of hydrogen-bond acceptors (Lipinski definition) is 11. The molecule has 0 atom stereocenters. The van der Waals surface area contributed by atoms with Gasteiger partial charge in [-0.2, -0.15) is 0 Å². The summed E-state index contributed by atoms with van der Waals surface area (Å²) < 4.78 is 33.1. The lowest BCUT2D eigenvalue weighted by atomic mass is 9.54. The summed E-state index contributed by atoms with van der Waals surface area (Å²) in [5.74, 6) is 5.48. The monoisotopic (exact) mass is 1450 g/mol. The molecule has 11 aromatic heterocycles. The zero-order chi connectivity index (χ0) is 76.1. The van der Waals surface area contributed by atoms with Crippen LogP contribution in [0.5, 0.6) is 0 Å². The van der Waals surface area contributed by atoms with Crippen molar-refractivity contribution >= 4 is 142 Å². The van der Waals surface area contributed by atoms with Crippen molar-refractivity contribution in [3.05, 3.63) is 320 Å². The predicted molar refractivity (Wildman–Crippen MR) is 456 cm³/mol. The molecule has 0 saturated carbocycles. The minimum atomic E-state index is 0.0757. The van der Waals surface area contributed by atoms with Gasteiger partial charge in [0, 0.05) is 104 Å². The molecule has 16 aromatic rings. The number of para-hydroxylation sites is 1. The quantitative estimate of drug-likeness (QED) is 0.107. The molecule has 0 N–H and O–H groups in total. The second kappa shape index (κ2) is 29.7. The third-order valence-corrected chi connectivity index (χ3v) is 22.0. The van der Waals surface area contributed by atoms with Crippen LogP contribution in [0.3, 0.4) is 0 Å². The van der Waals surface area contributed by atoms with Crippen LogP contribution in [0, 0.1) is 20.8 Å². The van der Waals surface area contributed by atoms with Crippen molar-refractivity contribution in [3.63, 3.8) is 0 Å². The van der Waals surface area contributed by atoms with Crippen LogP contribution in [-0.2, 0) is 28.2 Å². The van der Waals surface area contributed by atoms with Gasteiger partial charge in [0.15, 0.2) is 0 Å². The maximum atomic E-state index is 6.12. The Morgan fingerprint density at radius 1 is 0.315 bits per heavy atom. The summed E-state index contributed by atoms with van der Waals surface area (Å²) in [6.07, 6.45) is 31.1. The maximum Gasteiger partial charge on any atom is 0.447 e. The number of fused-ring (bicyclic) bond motifs is 12. The van der Waals surface area contributed by atoms with E-state index in [4.69, 9.17) is 17.7 Å². The minimum Gasteiger partial charge on any atom is -0.457 e. The minimum absolute atomic E-state index is 0.0757. The van der Waals surface area contributed by atoms with E-state index >= 15 is 0 Å². The van der Waals surface area contributed by atoms with E-state index in [-0.39, 0.29) is 27.4 Å². The van der Waals surface area contributed by atoms with Crippen molar-refractivity contribution in [1.29, 1.82) is 0 Å². The van der Waals surface area contributed by atoms with Crippen LogP contribution in [0.4, 0.5) is 23.3 Å². The molecule has 4 aliphatic heterocycles. The summed E-state index contributed by atoms with van der Waals surface area (Å²) in [5, 5.41) is 4.40. The Hall–Kier alpha value is -13.3. The van der Waals surface area contributed by atoms with Gasteiger partial charge in [-0.15, -0.1) is 0 Å². The van der Waals surface area contributed by atoms with Crippen LogP contribution in [0.25, 0.3) is 113 Å². The van der Waals surface area contributed by atoms with E-state index in [9.17, 15) is 0 Å². The number of aryl methyl sites for hydroxylation is 7. The van der Waals surface area contributed by atoms with E-state index in [1.165, 1.54) is 72.0 Å². The standard InChI is InChI=1S/C24H22BN2O.2C23H21BN3O.C22H19BN3O/c1-17-15-23(26(3)16-20(17)18-9-5-4-6-10-18)27-14-13-22-24(25(27)2)19-11-7-8-12-21(19)28-22;1-16-15-26(3)21(14-20(16)17-8-5-4-6-9-17)27-13-11-18-19-10-7-12-25-23(19)28-22(18)24(27)2;1-16-14-21(26(3)15-20(16)17-8-5-4-6-9-17)27-13-11-18-19-10-7-12-25-23(19)28-22(18)24(27)2;1-23-21-18(19-9-6-12-24-22(19)27-21)11-14-26(23)20-15-17(10-13-25(20)2)16-7-4-3-5-8-16/h4-16H,1-3H3;2*4-15H,1-3H3;3-15H,1-2H3/q4*+1. The zero-order valence-electron chi connectivity index (χ0n) is 64.2. The zero-order valence-corrected chi connectivity index (χ0v) is 64.2. The molecule has 0 spiro atoms. The number of anilines is 4. The van der Waals surface area contributed by atoms with Crippen molar-refractivity contribution in [2.24, 2.45) is 28.2 Å². The van der Waals surface area contributed by atoms with Gasteiger partial charge >= 0.3 is 27.4 Å². The summed E-state index contributed by atoms with van der Waals surface area (Å²) in [5.41, 5.74) is 24.2. The van der Waals surface area contributed by atoms with Gasteiger partial charge in [0.2, 0.25) is 17.1 Å². The topological polar surface area (TPSA) is 120 Å². The molecular weight excluding hydrogens is 1370 g/mol. The first kappa shape index (κ1) is 70.7. The predicted octanol–water partition coefficient (Wildman–Crippen LogP) is 16.1. The van der Waals surface area contributed by atoms with Crippen molar-refractivity contribution in [1.82, 2.24) is 15.0 Å². The van der Waals surface area contributed by atoms with Crippen molar-refractivity contribution in [2.45, 2.75) is 48.1 Å². The summed E-state index contributed by atoms with van der Waals surface area (Å²) in [6.45, 7) is 15.7. The van der Waals surface area contributed by atoms with Gasteiger partial charge in [-0.3, -0.25) is 19.2 Å². The summed E-state index contributed by atoms with van der Waals surface area (Å²) >= 11 is 0. The normalized spacial score (nSPS) is 13.3. The fraction of sp³-hybridized carbons (Fsp3) is 0.120. The molecule has 538 valence electrons. The number of pyridine rings is 7. The average molecular weight is 1450 g/mol. The molecule has 0 fully saturated rings. The van der Waals surface area contributed by atoms with Gasteiger partial charge in [0.25, 0.3) is 23.3 Å². The molecule has 0 aliphatic carbocycles. The highest BCUT2D eigenvalue weighted by atomic mass is 16.4. The van der Waals surface area contributed by atoms with Gasteiger partial charge < -0.3 is 17.7 Å². The molecule has 15 heterocycles. The second-order valence-electron chi connectivity index (χ2n) is 29.0. The molecule has 19 heteroatoms. The lowest BCUT2D eigenvalue weighted by molar-refractivity contribution is -0.658.